The maximum atomic E-state index is 11.9. The summed E-state index contributed by atoms with van der Waals surface area (Å²) in [6, 6.07) is 8.60. The van der Waals surface area contributed by atoms with Crippen LogP contribution in [0, 0.1) is 0 Å². The lowest BCUT2D eigenvalue weighted by molar-refractivity contribution is 0.0967. The average molecular weight is 294 g/mol. The van der Waals surface area contributed by atoms with Crippen molar-refractivity contribution in [1.29, 1.82) is 0 Å². The monoisotopic (exact) mass is 294 g/mol. The van der Waals surface area contributed by atoms with E-state index in [0.29, 0.717) is 11.3 Å². The molecule has 0 heterocycles. The van der Waals surface area contributed by atoms with Gasteiger partial charge in [-0.25, -0.2) is 0 Å². The molecule has 20 heavy (non-hydrogen) atoms. The second-order valence-corrected chi connectivity index (χ2v) is 6.16. The summed E-state index contributed by atoms with van der Waals surface area (Å²) >= 11 is 0. The third-order valence-electron chi connectivity index (χ3n) is 2.96. The molecule has 0 saturated heterocycles. The van der Waals surface area contributed by atoms with Crippen LogP contribution in [0.5, 0.6) is 0 Å². The van der Waals surface area contributed by atoms with Gasteiger partial charge in [0.15, 0.2) is 4.87 Å². The molecule has 1 aromatic rings. The Hall–Kier alpha value is -1.96. The topological polar surface area (TPSA) is 109 Å². The number of nitrogens with one attached hydrogen (secondary N) is 1. The molecule has 1 amide bonds. The van der Waals surface area contributed by atoms with Crippen molar-refractivity contribution in [1.82, 2.24) is 5.32 Å². The maximum absolute atomic E-state index is 11.9. The standard InChI is InChI=1S/C13H14N2O4S/c14-13(20(17,18)19)8-6-11(7-9-13)15-12(16)10-4-2-1-3-5-10/h1-8H,9,14H2,(H,15,16)(H,17,18,19). The second-order valence-electron chi connectivity index (χ2n) is 4.45. The molecule has 0 aliphatic heterocycles. The Morgan fingerprint density at radius 1 is 1.30 bits per heavy atom. The quantitative estimate of drug-likeness (QED) is 0.714. The van der Waals surface area contributed by atoms with Gasteiger partial charge in [0.2, 0.25) is 0 Å². The molecular weight excluding hydrogens is 280 g/mol. The van der Waals surface area contributed by atoms with Crippen LogP contribution in [0.3, 0.4) is 0 Å². The van der Waals surface area contributed by atoms with Gasteiger partial charge in [0.05, 0.1) is 0 Å². The van der Waals surface area contributed by atoms with E-state index in [4.69, 9.17) is 10.3 Å². The molecular formula is C13H14N2O4S. The molecule has 1 aliphatic carbocycles. The van der Waals surface area contributed by atoms with Gasteiger partial charge < -0.3 is 11.1 Å². The Morgan fingerprint density at radius 2 is 1.95 bits per heavy atom. The highest BCUT2D eigenvalue weighted by molar-refractivity contribution is 7.87. The van der Waals surface area contributed by atoms with Crippen molar-refractivity contribution in [3.63, 3.8) is 0 Å². The van der Waals surface area contributed by atoms with Crippen LogP contribution in [0.4, 0.5) is 0 Å². The molecule has 106 valence electrons. The molecule has 1 unspecified atom stereocenters. The SMILES string of the molecule is NC1(S(=O)(=O)O)C=CC(NC(=O)c2ccccc2)=CC1. The molecule has 6 nitrogen and oxygen atoms in total. The van der Waals surface area contributed by atoms with Gasteiger partial charge >= 0.3 is 0 Å². The van der Waals surface area contributed by atoms with Gasteiger partial charge in [-0.05, 0) is 24.3 Å². The van der Waals surface area contributed by atoms with Crippen LogP contribution >= 0.6 is 0 Å². The minimum absolute atomic E-state index is 0.118. The predicted octanol–water partition coefficient (Wildman–Crippen LogP) is 0.803. The lowest BCUT2D eigenvalue weighted by atomic mass is 10.1. The van der Waals surface area contributed by atoms with Crippen molar-refractivity contribution in [2.75, 3.05) is 0 Å². The van der Waals surface area contributed by atoms with Crippen LogP contribution in [-0.2, 0) is 10.1 Å². The van der Waals surface area contributed by atoms with Crippen LogP contribution in [0.15, 0.2) is 54.3 Å². The first-order valence-corrected chi connectivity index (χ1v) is 7.27. The third kappa shape index (κ3) is 2.96. The van der Waals surface area contributed by atoms with Crippen molar-refractivity contribution in [2.45, 2.75) is 11.3 Å². The Labute approximate surface area is 116 Å². The van der Waals surface area contributed by atoms with E-state index in [-0.39, 0.29) is 12.3 Å². The molecule has 0 bridgehead atoms. The molecule has 4 N–H and O–H groups in total. The number of rotatable bonds is 3. The van der Waals surface area contributed by atoms with Gasteiger partial charge in [0.1, 0.15) is 0 Å². The van der Waals surface area contributed by atoms with Gasteiger partial charge in [-0.1, -0.05) is 24.3 Å². The van der Waals surface area contributed by atoms with Crippen molar-refractivity contribution in [3.8, 4) is 0 Å². The number of allylic oxidation sites excluding steroid dienone is 1. The first kappa shape index (κ1) is 14.4. The fraction of sp³-hybridized carbons (Fsp3) is 0.154. The van der Waals surface area contributed by atoms with Crippen LogP contribution in [0.1, 0.15) is 16.8 Å². The van der Waals surface area contributed by atoms with E-state index in [2.05, 4.69) is 5.32 Å². The Balaban J connectivity index is 2.08. The van der Waals surface area contributed by atoms with Crippen LogP contribution < -0.4 is 11.1 Å². The number of carbonyl (C=O) groups is 1. The smallest absolute Gasteiger partial charge is 0.287 e. The highest BCUT2D eigenvalue weighted by Gasteiger charge is 2.36. The highest BCUT2D eigenvalue weighted by Crippen LogP contribution is 2.22. The van der Waals surface area contributed by atoms with Crippen LogP contribution in [-0.4, -0.2) is 23.7 Å². The van der Waals surface area contributed by atoms with Crippen LogP contribution in [0.25, 0.3) is 0 Å². The zero-order valence-corrected chi connectivity index (χ0v) is 11.3. The Kier molecular flexibility index (Phi) is 3.76. The van der Waals surface area contributed by atoms with Gasteiger partial charge in [-0.2, -0.15) is 8.42 Å². The van der Waals surface area contributed by atoms with E-state index in [9.17, 15) is 13.2 Å². The largest absolute Gasteiger partial charge is 0.322 e. The predicted molar refractivity (Wildman–Crippen MR) is 74.2 cm³/mol. The van der Waals surface area contributed by atoms with Crippen molar-refractivity contribution >= 4 is 16.0 Å². The molecule has 0 aromatic heterocycles. The summed E-state index contributed by atoms with van der Waals surface area (Å²) in [6.07, 6.45) is 3.85. The summed E-state index contributed by atoms with van der Waals surface area (Å²) in [7, 11) is -4.40. The van der Waals surface area contributed by atoms with E-state index >= 15 is 0 Å². The normalized spacial score (nSPS) is 22.2. The summed E-state index contributed by atoms with van der Waals surface area (Å²) in [5.74, 6) is -0.308. The molecule has 1 aromatic carbocycles. The zero-order chi connectivity index (χ0) is 14.8. The number of nitrogens with two attached hydrogens (primary N) is 1. The first-order valence-electron chi connectivity index (χ1n) is 5.83. The fourth-order valence-corrected chi connectivity index (χ4v) is 2.25. The van der Waals surface area contributed by atoms with E-state index in [0.717, 1.165) is 6.08 Å². The Morgan fingerprint density at radius 3 is 2.45 bits per heavy atom. The fourth-order valence-electron chi connectivity index (χ4n) is 1.71. The summed E-state index contributed by atoms with van der Waals surface area (Å²) < 4.78 is 31.3. The minimum Gasteiger partial charge on any atom is -0.322 e. The summed E-state index contributed by atoms with van der Waals surface area (Å²) in [6.45, 7) is 0. The molecule has 1 aliphatic rings. The van der Waals surface area contributed by atoms with E-state index in [1.807, 2.05) is 0 Å². The van der Waals surface area contributed by atoms with E-state index < -0.39 is 15.0 Å². The number of carbonyl (C=O) groups excluding carboxylic acids is 1. The molecule has 0 saturated carbocycles. The van der Waals surface area contributed by atoms with Gasteiger partial charge in [-0.15, -0.1) is 0 Å². The van der Waals surface area contributed by atoms with E-state index in [1.54, 1.807) is 30.3 Å². The van der Waals surface area contributed by atoms with Crippen LogP contribution in [0.2, 0.25) is 0 Å². The highest BCUT2D eigenvalue weighted by atomic mass is 32.2. The van der Waals surface area contributed by atoms with Crippen molar-refractivity contribution in [2.24, 2.45) is 5.73 Å². The zero-order valence-electron chi connectivity index (χ0n) is 10.5. The minimum atomic E-state index is -4.40. The number of hydrogen-bond donors (Lipinski definition) is 3. The third-order valence-corrected chi connectivity index (χ3v) is 4.22. The number of benzene rings is 1. The van der Waals surface area contributed by atoms with Crippen molar-refractivity contribution in [3.05, 3.63) is 59.8 Å². The molecule has 0 spiro atoms. The number of hydrogen-bond acceptors (Lipinski definition) is 4. The van der Waals surface area contributed by atoms with Crippen molar-refractivity contribution < 1.29 is 17.8 Å². The lowest BCUT2D eigenvalue weighted by Crippen LogP contribution is -2.46. The molecule has 1 atom stereocenters. The second kappa shape index (κ2) is 5.20. The molecule has 0 radical (unpaired) electrons. The molecule has 2 rings (SSSR count). The van der Waals surface area contributed by atoms with Gasteiger partial charge in [0, 0.05) is 17.7 Å². The summed E-state index contributed by atoms with van der Waals surface area (Å²) in [5.41, 5.74) is 6.48. The average Bonchev–Trinajstić information content (AvgIpc) is 2.41. The first-order chi connectivity index (χ1) is 9.32. The Bertz CT molecular complexity index is 680. The number of amides is 1. The van der Waals surface area contributed by atoms with E-state index in [1.165, 1.54) is 12.2 Å². The maximum Gasteiger partial charge on any atom is 0.287 e. The van der Waals surface area contributed by atoms with Gasteiger partial charge in [0.25, 0.3) is 16.0 Å². The summed E-state index contributed by atoms with van der Waals surface area (Å²) in [4.78, 5) is 10.0. The lowest BCUT2D eigenvalue weighted by Gasteiger charge is -2.24. The summed E-state index contributed by atoms with van der Waals surface area (Å²) in [5, 5.41) is 2.63. The van der Waals surface area contributed by atoms with Gasteiger partial charge in [-0.3, -0.25) is 9.35 Å². The molecule has 7 heteroatoms. The molecule has 0 fully saturated rings.